The number of phosphoric ester groups is 1. The number of carbonyl (C=O) groups excluding carboxylic acids is 2. The minimum absolute atomic E-state index is 0.0498. The first-order chi connectivity index (χ1) is 23.8. The van der Waals surface area contributed by atoms with Gasteiger partial charge >= 0.3 is 19.8 Å². The second kappa shape index (κ2) is 36.3. The molecule has 0 heterocycles. The summed E-state index contributed by atoms with van der Waals surface area (Å²) >= 11 is 0. The van der Waals surface area contributed by atoms with Crippen LogP contribution in [0.2, 0.25) is 0 Å². The van der Waals surface area contributed by atoms with E-state index in [4.69, 9.17) is 24.3 Å². The predicted octanol–water partition coefficient (Wildman–Crippen LogP) is 10.8. The van der Waals surface area contributed by atoms with E-state index in [-0.39, 0.29) is 32.6 Å². The van der Waals surface area contributed by atoms with Crippen LogP contribution in [-0.2, 0) is 32.7 Å². The lowest BCUT2D eigenvalue weighted by atomic mass is 10.1. The summed E-state index contributed by atoms with van der Waals surface area (Å²) in [5.74, 6) is -0.879. The van der Waals surface area contributed by atoms with Crippen LogP contribution in [0.3, 0.4) is 0 Å². The van der Waals surface area contributed by atoms with Gasteiger partial charge in [0.1, 0.15) is 6.61 Å². The molecule has 0 radical (unpaired) electrons. The van der Waals surface area contributed by atoms with Crippen molar-refractivity contribution in [2.24, 2.45) is 5.73 Å². The van der Waals surface area contributed by atoms with Gasteiger partial charge in [0.15, 0.2) is 6.10 Å². The zero-order chi connectivity index (χ0) is 36.1. The van der Waals surface area contributed by atoms with E-state index in [1.165, 1.54) is 103 Å². The van der Waals surface area contributed by atoms with Crippen LogP contribution in [0.15, 0.2) is 24.3 Å². The summed E-state index contributed by atoms with van der Waals surface area (Å²) in [5, 5.41) is 0. The van der Waals surface area contributed by atoms with E-state index < -0.39 is 32.5 Å². The molecule has 0 aromatic rings. The average Bonchev–Trinajstić information content (AvgIpc) is 3.08. The first kappa shape index (κ1) is 47.5. The molecule has 9 nitrogen and oxygen atoms in total. The van der Waals surface area contributed by atoms with Gasteiger partial charge in [-0.25, -0.2) is 4.57 Å². The maximum atomic E-state index is 12.5. The predicted molar refractivity (Wildman–Crippen MR) is 201 cm³/mol. The van der Waals surface area contributed by atoms with Crippen LogP contribution in [0.25, 0.3) is 0 Å². The molecule has 0 bridgehead atoms. The highest BCUT2D eigenvalue weighted by Gasteiger charge is 2.25. The van der Waals surface area contributed by atoms with E-state index in [1.807, 2.05) is 0 Å². The molecule has 0 aliphatic heterocycles. The van der Waals surface area contributed by atoms with Gasteiger partial charge in [0.2, 0.25) is 0 Å². The lowest BCUT2D eigenvalue weighted by molar-refractivity contribution is -0.161. The topological polar surface area (TPSA) is 134 Å². The molecule has 1 unspecified atom stereocenters. The highest BCUT2D eigenvalue weighted by Crippen LogP contribution is 2.43. The fourth-order valence-electron chi connectivity index (χ4n) is 5.38. The van der Waals surface area contributed by atoms with Crippen molar-refractivity contribution in [3.63, 3.8) is 0 Å². The Labute approximate surface area is 300 Å². The van der Waals surface area contributed by atoms with E-state index in [1.54, 1.807) is 0 Å². The van der Waals surface area contributed by atoms with Gasteiger partial charge in [-0.05, 0) is 38.5 Å². The van der Waals surface area contributed by atoms with Crippen LogP contribution in [-0.4, -0.2) is 49.3 Å². The Morgan fingerprint density at radius 3 is 1.61 bits per heavy atom. The van der Waals surface area contributed by atoms with Crippen molar-refractivity contribution in [3.05, 3.63) is 24.3 Å². The molecule has 0 rings (SSSR count). The molecule has 10 heteroatoms. The second-order valence-corrected chi connectivity index (χ2v) is 14.6. The van der Waals surface area contributed by atoms with Crippen LogP contribution >= 0.6 is 7.82 Å². The van der Waals surface area contributed by atoms with Gasteiger partial charge < -0.3 is 20.1 Å². The van der Waals surface area contributed by atoms with Crippen molar-refractivity contribution in [2.75, 3.05) is 26.4 Å². The minimum atomic E-state index is -4.37. The monoisotopic (exact) mass is 716 g/mol. The fourth-order valence-corrected chi connectivity index (χ4v) is 6.14. The molecule has 0 aliphatic rings. The fraction of sp³-hybridized carbons (Fsp3) is 0.846. The Balaban J connectivity index is 4.23. The van der Waals surface area contributed by atoms with E-state index in [0.717, 1.165) is 38.5 Å². The quantitative estimate of drug-likeness (QED) is 0.0279. The first-order valence-electron chi connectivity index (χ1n) is 19.8. The standard InChI is InChI=1S/C39H74NO8P/c1-3-5-7-9-11-13-15-16-17-18-19-20-22-23-25-27-29-31-38(41)45-35-37(36-47-49(43,44)46-34-33-40)48-39(42)32-30-28-26-24-21-14-12-10-8-6-4-2/h19-20,23,25,37H,3-18,21-22,24,26-36,40H2,1-2H3,(H,43,44)/b20-19+,25-23+/t37-/m0/s1. The van der Waals surface area contributed by atoms with Gasteiger partial charge in [-0.15, -0.1) is 0 Å². The Morgan fingerprint density at radius 1 is 0.612 bits per heavy atom. The van der Waals surface area contributed by atoms with E-state index >= 15 is 0 Å². The summed E-state index contributed by atoms with van der Waals surface area (Å²) < 4.78 is 32.6. The summed E-state index contributed by atoms with van der Waals surface area (Å²) in [6.45, 7) is 3.67. The second-order valence-electron chi connectivity index (χ2n) is 13.2. The summed E-state index contributed by atoms with van der Waals surface area (Å²) in [6, 6.07) is 0. The highest BCUT2D eigenvalue weighted by molar-refractivity contribution is 7.47. The molecule has 3 N–H and O–H groups in total. The van der Waals surface area contributed by atoms with Crippen molar-refractivity contribution in [1.82, 2.24) is 0 Å². The van der Waals surface area contributed by atoms with Crippen molar-refractivity contribution in [3.8, 4) is 0 Å². The molecule has 0 aromatic heterocycles. The number of esters is 2. The Hall–Kier alpha value is -1.51. The number of hydrogen-bond acceptors (Lipinski definition) is 8. The Kier molecular flexibility index (Phi) is 35.2. The third-order valence-corrected chi connectivity index (χ3v) is 9.32. The molecule has 0 amide bonds. The highest BCUT2D eigenvalue weighted by atomic mass is 31.2. The molecule has 0 fully saturated rings. The van der Waals surface area contributed by atoms with Crippen molar-refractivity contribution >= 4 is 19.8 Å². The molecular weight excluding hydrogens is 641 g/mol. The lowest BCUT2D eigenvalue weighted by Gasteiger charge is -2.19. The van der Waals surface area contributed by atoms with Gasteiger partial charge in [0.05, 0.1) is 13.2 Å². The molecule has 0 spiro atoms. The van der Waals surface area contributed by atoms with Gasteiger partial charge in [-0.1, -0.05) is 154 Å². The molecule has 0 aromatic carbocycles. The van der Waals surface area contributed by atoms with Crippen molar-refractivity contribution < 1.29 is 37.6 Å². The minimum Gasteiger partial charge on any atom is -0.462 e. The van der Waals surface area contributed by atoms with E-state index in [9.17, 15) is 19.0 Å². The lowest BCUT2D eigenvalue weighted by Crippen LogP contribution is -2.29. The third-order valence-electron chi connectivity index (χ3n) is 8.34. The number of unbranched alkanes of at least 4 members (excludes halogenated alkanes) is 20. The molecular formula is C39H74NO8P. The van der Waals surface area contributed by atoms with Crippen LogP contribution < -0.4 is 5.73 Å². The number of phosphoric acid groups is 1. The maximum absolute atomic E-state index is 12.5. The number of rotatable bonds is 37. The van der Waals surface area contributed by atoms with E-state index in [0.29, 0.717) is 12.8 Å². The number of hydrogen-bond donors (Lipinski definition) is 2. The number of carbonyl (C=O) groups is 2. The molecule has 0 saturated carbocycles. The summed E-state index contributed by atoms with van der Waals surface area (Å²) in [6.07, 6.45) is 36.5. The molecule has 0 aliphatic carbocycles. The molecule has 288 valence electrons. The van der Waals surface area contributed by atoms with Crippen LogP contribution in [0.4, 0.5) is 0 Å². The van der Waals surface area contributed by atoms with Crippen LogP contribution in [0.1, 0.15) is 181 Å². The van der Waals surface area contributed by atoms with E-state index in [2.05, 4.69) is 38.2 Å². The maximum Gasteiger partial charge on any atom is 0.472 e. The molecule has 49 heavy (non-hydrogen) atoms. The number of nitrogens with two attached hydrogens (primary N) is 1. The Morgan fingerprint density at radius 2 is 1.08 bits per heavy atom. The zero-order valence-corrected chi connectivity index (χ0v) is 32.3. The summed E-state index contributed by atoms with van der Waals surface area (Å²) in [5.41, 5.74) is 5.33. The van der Waals surface area contributed by atoms with Gasteiger partial charge in [0, 0.05) is 19.4 Å². The van der Waals surface area contributed by atoms with Crippen molar-refractivity contribution in [1.29, 1.82) is 0 Å². The summed E-state index contributed by atoms with van der Waals surface area (Å²) in [4.78, 5) is 34.7. The van der Waals surface area contributed by atoms with Crippen molar-refractivity contribution in [2.45, 2.75) is 187 Å². The smallest absolute Gasteiger partial charge is 0.462 e. The zero-order valence-electron chi connectivity index (χ0n) is 31.4. The number of ether oxygens (including phenoxy) is 2. The van der Waals surface area contributed by atoms with Gasteiger partial charge in [-0.2, -0.15) is 0 Å². The summed E-state index contributed by atoms with van der Waals surface area (Å²) in [7, 11) is -4.37. The number of allylic oxidation sites excluding steroid dienone is 4. The van der Waals surface area contributed by atoms with Gasteiger partial charge in [-0.3, -0.25) is 18.6 Å². The van der Waals surface area contributed by atoms with Crippen LogP contribution in [0, 0.1) is 0 Å². The largest absolute Gasteiger partial charge is 0.472 e. The first-order valence-corrected chi connectivity index (χ1v) is 21.3. The Bertz CT molecular complexity index is 866. The normalized spacial score (nSPS) is 13.6. The third kappa shape index (κ3) is 36.1. The van der Waals surface area contributed by atoms with Gasteiger partial charge in [0.25, 0.3) is 0 Å². The molecule has 2 atom stereocenters. The SMILES string of the molecule is CCCCCCCCCCC/C=C/C/C=C/CCCC(=O)OC[C@@H](COP(=O)(O)OCCN)OC(=O)CCCCCCCCCCCCC. The molecule has 0 saturated heterocycles. The average molecular weight is 716 g/mol. The van der Waals surface area contributed by atoms with Crippen LogP contribution in [0.5, 0.6) is 0 Å².